The Bertz CT molecular complexity index is 718. The molecular formula is C18H24N4O3. The van der Waals surface area contributed by atoms with Crippen LogP contribution >= 0.6 is 0 Å². The van der Waals surface area contributed by atoms with Gasteiger partial charge in [0, 0.05) is 32.4 Å². The molecule has 0 radical (unpaired) electrons. The molecule has 1 aliphatic rings. The van der Waals surface area contributed by atoms with E-state index in [1.807, 2.05) is 25.1 Å². The molecule has 7 nitrogen and oxygen atoms in total. The number of hydrogen-bond acceptors (Lipinski definition) is 6. The molecule has 0 unspecified atom stereocenters. The molecule has 0 bridgehead atoms. The van der Waals surface area contributed by atoms with Gasteiger partial charge in [-0.05, 0) is 32.9 Å². The maximum absolute atomic E-state index is 12.5. The Kier molecular flexibility index (Phi) is 5.03. The van der Waals surface area contributed by atoms with Crippen molar-refractivity contribution in [2.24, 2.45) is 0 Å². The van der Waals surface area contributed by atoms with Crippen LogP contribution in [-0.2, 0) is 11.3 Å². The van der Waals surface area contributed by atoms with Crippen LogP contribution < -0.4 is 4.90 Å². The average Bonchev–Trinajstić information content (AvgIpc) is 2.98. The fourth-order valence-corrected chi connectivity index (χ4v) is 3.09. The lowest BCUT2D eigenvalue weighted by Crippen LogP contribution is -2.45. The quantitative estimate of drug-likeness (QED) is 0.847. The Morgan fingerprint density at radius 1 is 1.32 bits per heavy atom. The summed E-state index contributed by atoms with van der Waals surface area (Å²) in [7, 11) is 1.74. The number of carbonyl (C=O) groups excluding carboxylic acids is 1. The second-order valence-electron chi connectivity index (χ2n) is 6.66. The van der Waals surface area contributed by atoms with Gasteiger partial charge in [0.25, 0.3) is 5.91 Å². The lowest BCUT2D eigenvalue weighted by Gasteiger charge is -2.36. The van der Waals surface area contributed by atoms with E-state index < -0.39 is 0 Å². The van der Waals surface area contributed by atoms with Gasteiger partial charge in [-0.1, -0.05) is 5.16 Å². The summed E-state index contributed by atoms with van der Waals surface area (Å²) in [5.41, 5.74) is 1.29. The van der Waals surface area contributed by atoms with Crippen molar-refractivity contribution in [1.29, 1.82) is 0 Å². The standard InChI is InChI=1S/C18H24N4O3/c1-12-7-16(20-25-12)11-21(4)18(23)15-5-6-17(19-8-15)22-9-13(2)24-14(3)10-22/h5-8,13-14H,9-11H2,1-4H3/t13-,14+. The van der Waals surface area contributed by atoms with Gasteiger partial charge < -0.3 is 19.1 Å². The van der Waals surface area contributed by atoms with E-state index in [1.165, 1.54) is 0 Å². The average molecular weight is 344 g/mol. The maximum atomic E-state index is 12.5. The number of nitrogens with zero attached hydrogens (tertiary/aromatic N) is 4. The number of anilines is 1. The summed E-state index contributed by atoms with van der Waals surface area (Å²) in [4.78, 5) is 20.8. The molecule has 1 aliphatic heterocycles. The van der Waals surface area contributed by atoms with Gasteiger partial charge in [-0.25, -0.2) is 4.98 Å². The predicted molar refractivity (Wildman–Crippen MR) is 93.5 cm³/mol. The van der Waals surface area contributed by atoms with Gasteiger partial charge in [0.05, 0.1) is 24.3 Å². The summed E-state index contributed by atoms with van der Waals surface area (Å²) in [5, 5.41) is 3.92. The topological polar surface area (TPSA) is 71.7 Å². The van der Waals surface area contributed by atoms with Crippen LogP contribution in [-0.4, -0.2) is 53.3 Å². The second-order valence-corrected chi connectivity index (χ2v) is 6.66. The van der Waals surface area contributed by atoms with Crippen LogP contribution in [0.25, 0.3) is 0 Å². The third-order valence-electron chi connectivity index (χ3n) is 4.16. The molecule has 2 aromatic heterocycles. The van der Waals surface area contributed by atoms with E-state index >= 15 is 0 Å². The molecule has 2 atom stereocenters. The van der Waals surface area contributed by atoms with E-state index in [4.69, 9.17) is 9.26 Å². The fraction of sp³-hybridized carbons (Fsp3) is 0.500. The molecule has 3 heterocycles. The zero-order chi connectivity index (χ0) is 18.0. The first-order valence-corrected chi connectivity index (χ1v) is 8.46. The SMILES string of the molecule is Cc1cc(CN(C)C(=O)c2ccc(N3C[C@@H](C)O[C@@H](C)C3)nc2)no1. The molecule has 2 aromatic rings. The highest BCUT2D eigenvalue weighted by atomic mass is 16.5. The zero-order valence-corrected chi connectivity index (χ0v) is 15.1. The zero-order valence-electron chi connectivity index (χ0n) is 15.1. The first-order chi connectivity index (χ1) is 11.9. The summed E-state index contributed by atoms with van der Waals surface area (Å²) in [6, 6.07) is 5.54. The minimum absolute atomic E-state index is 0.0941. The molecule has 134 valence electrons. The number of aromatic nitrogens is 2. The number of hydrogen-bond donors (Lipinski definition) is 0. The molecule has 25 heavy (non-hydrogen) atoms. The smallest absolute Gasteiger partial charge is 0.255 e. The molecule has 7 heteroatoms. The third kappa shape index (κ3) is 4.17. The van der Waals surface area contributed by atoms with E-state index in [2.05, 4.69) is 28.9 Å². The first kappa shape index (κ1) is 17.4. The molecule has 0 saturated carbocycles. The van der Waals surface area contributed by atoms with Gasteiger partial charge in [-0.3, -0.25) is 4.79 Å². The van der Waals surface area contributed by atoms with Crippen molar-refractivity contribution >= 4 is 11.7 Å². The van der Waals surface area contributed by atoms with Crippen LogP contribution in [0.15, 0.2) is 28.9 Å². The summed E-state index contributed by atoms with van der Waals surface area (Å²) < 4.78 is 10.8. The van der Waals surface area contributed by atoms with E-state index in [1.54, 1.807) is 18.1 Å². The Hall–Kier alpha value is -2.41. The highest BCUT2D eigenvalue weighted by Gasteiger charge is 2.23. The number of ether oxygens (including phenoxy) is 1. The summed E-state index contributed by atoms with van der Waals surface area (Å²) in [6.45, 7) is 7.94. The van der Waals surface area contributed by atoms with Crippen molar-refractivity contribution in [3.8, 4) is 0 Å². The Labute approximate surface area is 147 Å². The van der Waals surface area contributed by atoms with Gasteiger partial charge in [-0.15, -0.1) is 0 Å². The van der Waals surface area contributed by atoms with Gasteiger partial charge >= 0.3 is 0 Å². The third-order valence-corrected chi connectivity index (χ3v) is 4.16. The molecule has 0 spiro atoms. The number of pyridine rings is 1. The number of carbonyl (C=O) groups is 1. The van der Waals surface area contributed by atoms with Crippen LogP contribution in [0.2, 0.25) is 0 Å². The van der Waals surface area contributed by atoms with Crippen LogP contribution in [0.4, 0.5) is 5.82 Å². The molecule has 0 N–H and O–H groups in total. The number of morpholine rings is 1. The molecular weight excluding hydrogens is 320 g/mol. The largest absolute Gasteiger partial charge is 0.372 e. The predicted octanol–water partition coefficient (Wildman–Crippen LogP) is 2.26. The van der Waals surface area contributed by atoms with E-state index in [-0.39, 0.29) is 18.1 Å². The summed E-state index contributed by atoms with van der Waals surface area (Å²) in [5.74, 6) is 1.51. The molecule has 0 aromatic carbocycles. The lowest BCUT2D eigenvalue weighted by molar-refractivity contribution is -0.00546. The van der Waals surface area contributed by atoms with Crippen molar-refractivity contribution in [3.05, 3.63) is 41.4 Å². The van der Waals surface area contributed by atoms with Gasteiger partial charge in [0.1, 0.15) is 17.3 Å². The van der Waals surface area contributed by atoms with Gasteiger partial charge in [-0.2, -0.15) is 0 Å². The second kappa shape index (κ2) is 7.23. The minimum Gasteiger partial charge on any atom is -0.372 e. The number of aryl methyl sites for hydroxylation is 1. The Morgan fingerprint density at radius 3 is 2.60 bits per heavy atom. The molecule has 0 aliphatic carbocycles. The molecule has 1 amide bonds. The van der Waals surface area contributed by atoms with Crippen LogP contribution in [0.3, 0.4) is 0 Å². The van der Waals surface area contributed by atoms with Crippen LogP contribution in [0.5, 0.6) is 0 Å². The van der Waals surface area contributed by atoms with Crippen molar-refractivity contribution in [3.63, 3.8) is 0 Å². The number of rotatable bonds is 4. The van der Waals surface area contributed by atoms with E-state index in [0.717, 1.165) is 30.4 Å². The lowest BCUT2D eigenvalue weighted by atomic mass is 10.2. The van der Waals surface area contributed by atoms with Gasteiger partial charge in [0.2, 0.25) is 0 Å². The van der Waals surface area contributed by atoms with E-state index in [0.29, 0.717) is 12.1 Å². The van der Waals surface area contributed by atoms with Gasteiger partial charge in [0.15, 0.2) is 0 Å². The Balaban J connectivity index is 1.65. The fourth-order valence-electron chi connectivity index (χ4n) is 3.09. The van der Waals surface area contributed by atoms with Crippen molar-refractivity contribution in [1.82, 2.24) is 15.0 Å². The molecule has 1 saturated heterocycles. The highest BCUT2D eigenvalue weighted by molar-refractivity contribution is 5.93. The first-order valence-electron chi connectivity index (χ1n) is 8.46. The molecule has 1 fully saturated rings. The van der Waals surface area contributed by atoms with Crippen molar-refractivity contribution in [2.45, 2.75) is 39.5 Å². The van der Waals surface area contributed by atoms with Crippen LogP contribution in [0.1, 0.15) is 35.7 Å². The highest BCUT2D eigenvalue weighted by Crippen LogP contribution is 2.19. The van der Waals surface area contributed by atoms with Crippen molar-refractivity contribution < 1.29 is 14.1 Å². The normalized spacial score (nSPS) is 20.6. The summed E-state index contributed by atoms with van der Waals surface area (Å²) >= 11 is 0. The number of amides is 1. The summed E-state index contributed by atoms with van der Waals surface area (Å²) in [6.07, 6.45) is 1.97. The van der Waals surface area contributed by atoms with E-state index in [9.17, 15) is 4.79 Å². The minimum atomic E-state index is -0.0941. The monoisotopic (exact) mass is 344 g/mol. The Morgan fingerprint density at radius 2 is 2.04 bits per heavy atom. The maximum Gasteiger partial charge on any atom is 0.255 e. The van der Waals surface area contributed by atoms with Crippen LogP contribution in [0, 0.1) is 6.92 Å². The van der Waals surface area contributed by atoms with Crippen molar-refractivity contribution in [2.75, 3.05) is 25.0 Å². The molecule has 3 rings (SSSR count).